The van der Waals surface area contributed by atoms with E-state index in [1.165, 1.54) is 19.5 Å². The van der Waals surface area contributed by atoms with Gasteiger partial charge in [-0.3, -0.25) is 9.89 Å². The van der Waals surface area contributed by atoms with Crippen LogP contribution in [0.1, 0.15) is 41.5 Å². The lowest BCUT2D eigenvalue weighted by Gasteiger charge is -2.34. The van der Waals surface area contributed by atoms with Crippen LogP contribution in [0.4, 0.5) is 0 Å². The van der Waals surface area contributed by atoms with Gasteiger partial charge in [0, 0.05) is 12.6 Å². The van der Waals surface area contributed by atoms with E-state index in [2.05, 4.69) is 15.2 Å². The summed E-state index contributed by atoms with van der Waals surface area (Å²) >= 11 is 0. The number of hydrogen-bond donors (Lipinski definition) is 2. The average molecular weight is 302 g/mol. The van der Waals surface area contributed by atoms with Crippen LogP contribution < -0.4 is 4.74 Å². The Labute approximate surface area is 127 Å². The molecule has 0 radical (unpaired) electrons. The molecule has 116 valence electrons. The highest BCUT2D eigenvalue weighted by Gasteiger charge is 2.31. The summed E-state index contributed by atoms with van der Waals surface area (Å²) < 4.78 is 5.05. The zero-order chi connectivity index (χ0) is 15.5. The van der Waals surface area contributed by atoms with E-state index < -0.39 is 0 Å². The van der Waals surface area contributed by atoms with Crippen LogP contribution in [0.3, 0.4) is 0 Å². The fourth-order valence-electron chi connectivity index (χ4n) is 2.81. The molecule has 1 aliphatic heterocycles. The molecule has 2 N–H and O–H groups in total. The second-order valence-corrected chi connectivity index (χ2v) is 5.26. The van der Waals surface area contributed by atoms with E-state index in [0.717, 1.165) is 19.3 Å². The van der Waals surface area contributed by atoms with Crippen LogP contribution in [-0.4, -0.2) is 44.7 Å². The highest BCUT2D eigenvalue weighted by molar-refractivity contribution is 5.97. The second-order valence-electron chi connectivity index (χ2n) is 5.26. The number of carbonyl (C=O) groups is 1. The lowest BCUT2D eigenvalue weighted by Crippen LogP contribution is -2.39. The molecule has 1 amide bonds. The Morgan fingerprint density at radius 3 is 3.00 bits per heavy atom. The zero-order valence-electron chi connectivity index (χ0n) is 12.3. The number of rotatable bonds is 3. The lowest BCUT2D eigenvalue weighted by molar-refractivity contribution is 0.0597. The van der Waals surface area contributed by atoms with E-state index in [4.69, 9.17) is 4.74 Å². The summed E-state index contributed by atoms with van der Waals surface area (Å²) in [6.07, 6.45) is 4.24. The van der Waals surface area contributed by atoms with Gasteiger partial charge in [-0.1, -0.05) is 0 Å². The molecule has 0 spiro atoms. The molecule has 1 atom stereocenters. The average Bonchev–Trinajstić information content (AvgIpc) is 3.08. The summed E-state index contributed by atoms with van der Waals surface area (Å²) in [4.78, 5) is 18.7. The number of piperidine rings is 1. The number of aromatic nitrogens is 3. The predicted molar refractivity (Wildman–Crippen MR) is 78.7 cm³/mol. The van der Waals surface area contributed by atoms with Gasteiger partial charge in [-0.25, -0.2) is 4.98 Å². The van der Waals surface area contributed by atoms with Crippen molar-refractivity contribution in [2.75, 3.05) is 13.7 Å². The Balaban J connectivity index is 1.89. The number of ether oxygens (including phenoxy) is 1. The SMILES string of the molecule is COc1ccc(C(=O)N2CCCCC2c2ncn[nH]2)c(O)c1. The van der Waals surface area contributed by atoms with Gasteiger partial charge in [0.1, 0.15) is 23.7 Å². The highest BCUT2D eigenvalue weighted by atomic mass is 16.5. The number of aromatic amines is 1. The standard InChI is InChI=1S/C15H18N4O3/c1-22-10-5-6-11(13(20)8-10)15(21)19-7-3-2-4-12(19)14-16-9-17-18-14/h5-6,8-9,12,20H,2-4,7H2,1H3,(H,16,17,18). The van der Waals surface area contributed by atoms with Gasteiger partial charge in [0.15, 0.2) is 0 Å². The Bertz CT molecular complexity index is 657. The van der Waals surface area contributed by atoms with Gasteiger partial charge in [-0.2, -0.15) is 5.10 Å². The van der Waals surface area contributed by atoms with E-state index >= 15 is 0 Å². The van der Waals surface area contributed by atoms with Crippen molar-refractivity contribution in [2.45, 2.75) is 25.3 Å². The Kier molecular flexibility index (Phi) is 3.95. The van der Waals surface area contributed by atoms with E-state index in [0.29, 0.717) is 18.1 Å². The molecule has 0 bridgehead atoms. The van der Waals surface area contributed by atoms with Crippen molar-refractivity contribution in [3.05, 3.63) is 35.9 Å². The number of likely N-dealkylation sites (tertiary alicyclic amines) is 1. The van der Waals surface area contributed by atoms with Crippen LogP contribution in [0.15, 0.2) is 24.5 Å². The van der Waals surface area contributed by atoms with Gasteiger partial charge in [-0.05, 0) is 31.4 Å². The van der Waals surface area contributed by atoms with Crippen molar-refractivity contribution in [2.24, 2.45) is 0 Å². The van der Waals surface area contributed by atoms with Gasteiger partial charge in [0.05, 0.1) is 18.7 Å². The Morgan fingerprint density at radius 2 is 2.32 bits per heavy atom. The van der Waals surface area contributed by atoms with Gasteiger partial charge < -0.3 is 14.7 Å². The molecule has 7 heteroatoms. The maximum absolute atomic E-state index is 12.8. The minimum absolute atomic E-state index is 0.0776. The van der Waals surface area contributed by atoms with Crippen LogP contribution in [0.25, 0.3) is 0 Å². The molecule has 1 saturated heterocycles. The molecule has 1 aromatic heterocycles. The first-order valence-electron chi connectivity index (χ1n) is 7.24. The van der Waals surface area contributed by atoms with E-state index in [1.54, 1.807) is 17.0 Å². The summed E-state index contributed by atoms with van der Waals surface area (Å²) in [6.45, 7) is 0.635. The molecule has 7 nitrogen and oxygen atoms in total. The molecule has 0 aliphatic carbocycles. The van der Waals surface area contributed by atoms with Crippen molar-refractivity contribution >= 4 is 5.91 Å². The molecular formula is C15H18N4O3. The van der Waals surface area contributed by atoms with Gasteiger partial charge in [-0.15, -0.1) is 0 Å². The van der Waals surface area contributed by atoms with Crippen molar-refractivity contribution in [1.82, 2.24) is 20.1 Å². The number of benzene rings is 1. The van der Waals surface area contributed by atoms with Crippen LogP contribution >= 0.6 is 0 Å². The maximum atomic E-state index is 12.8. The fourth-order valence-corrected chi connectivity index (χ4v) is 2.81. The van der Waals surface area contributed by atoms with E-state index in [1.807, 2.05) is 0 Å². The lowest BCUT2D eigenvalue weighted by atomic mass is 10.00. The number of phenols is 1. The molecule has 2 heterocycles. The monoisotopic (exact) mass is 302 g/mol. The number of nitrogens with zero attached hydrogens (tertiary/aromatic N) is 3. The normalized spacial score (nSPS) is 18.2. The molecular weight excluding hydrogens is 284 g/mol. The molecule has 1 unspecified atom stereocenters. The number of methoxy groups -OCH3 is 1. The first-order chi connectivity index (χ1) is 10.7. The molecule has 3 rings (SSSR count). The van der Waals surface area contributed by atoms with Crippen molar-refractivity contribution in [1.29, 1.82) is 0 Å². The van der Waals surface area contributed by atoms with Crippen LogP contribution in [0.5, 0.6) is 11.5 Å². The van der Waals surface area contributed by atoms with E-state index in [9.17, 15) is 9.90 Å². The summed E-state index contributed by atoms with van der Waals surface area (Å²) in [7, 11) is 1.51. The number of nitrogens with one attached hydrogen (secondary N) is 1. The first-order valence-corrected chi connectivity index (χ1v) is 7.24. The molecule has 1 aliphatic rings. The number of hydrogen-bond acceptors (Lipinski definition) is 5. The molecule has 0 saturated carbocycles. The quantitative estimate of drug-likeness (QED) is 0.903. The zero-order valence-corrected chi connectivity index (χ0v) is 12.3. The van der Waals surface area contributed by atoms with Gasteiger partial charge in [0.2, 0.25) is 0 Å². The molecule has 1 aromatic carbocycles. The molecule has 2 aromatic rings. The minimum atomic E-state index is -0.207. The Morgan fingerprint density at radius 1 is 1.45 bits per heavy atom. The third kappa shape index (κ3) is 2.61. The molecule has 1 fully saturated rings. The van der Waals surface area contributed by atoms with E-state index in [-0.39, 0.29) is 23.3 Å². The van der Waals surface area contributed by atoms with Crippen molar-refractivity contribution < 1.29 is 14.6 Å². The fraction of sp³-hybridized carbons (Fsp3) is 0.400. The second kappa shape index (κ2) is 6.05. The summed E-state index contributed by atoms with van der Waals surface area (Å²) in [6, 6.07) is 4.56. The largest absolute Gasteiger partial charge is 0.507 e. The van der Waals surface area contributed by atoms with Crippen LogP contribution in [0.2, 0.25) is 0 Å². The van der Waals surface area contributed by atoms with Crippen molar-refractivity contribution in [3.8, 4) is 11.5 Å². The summed E-state index contributed by atoms with van der Waals surface area (Å²) in [5, 5.41) is 16.8. The predicted octanol–water partition coefficient (Wildman–Crippen LogP) is 1.89. The third-order valence-corrected chi connectivity index (χ3v) is 3.95. The first kappa shape index (κ1) is 14.4. The smallest absolute Gasteiger partial charge is 0.258 e. The number of carbonyl (C=O) groups excluding carboxylic acids is 1. The van der Waals surface area contributed by atoms with Gasteiger partial charge >= 0.3 is 0 Å². The number of amides is 1. The number of aromatic hydroxyl groups is 1. The minimum Gasteiger partial charge on any atom is -0.507 e. The number of H-pyrrole nitrogens is 1. The van der Waals surface area contributed by atoms with Gasteiger partial charge in [0.25, 0.3) is 5.91 Å². The third-order valence-electron chi connectivity index (χ3n) is 3.95. The topological polar surface area (TPSA) is 91.3 Å². The number of phenolic OH excluding ortho intramolecular Hbond substituents is 1. The van der Waals surface area contributed by atoms with Crippen molar-refractivity contribution in [3.63, 3.8) is 0 Å². The maximum Gasteiger partial charge on any atom is 0.258 e. The summed E-state index contributed by atoms with van der Waals surface area (Å²) in [5.41, 5.74) is 0.271. The Hall–Kier alpha value is -2.57. The highest BCUT2D eigenvalue weighted by Crippen LogP contribution is 2.32. The van der Waals surface area contributed by atoms with Crippen LogP contribution in [-0.2, 0) is 0 Å². The summed E-state index contributed by atoms with van der Waals surface area (Å²) in [5.74, 6) is 0.910. The van der Waals surface area contributed by atoms with Crippen LogP contribution in [0, 0.1) is 0 Å². The molecule has 22 heavy (non-hydrogen) atoms.